The molecule has 1 amide bonds. The van der Waals surface area contributed by atoms with Gasteiger partial charge in [-0.1, -0.05) is 29.3 Å². The third-order valence-electron chi connectivity index (χ3n) is 3.76. The predicted molar refractivity (Wildman–Crippen MR) is 94.1 cm³/mol. The van der Waals surface area contributed by atoms with Gasteiger partial charge in [0.25, 0.3) is 5.91 Å². The maximum Gasteiger partial charge on any atom is 0.253 e. The Morgan fingerprint density at radius 3 is 2.88 bits per heavy atom. The number of piperidine rings is 1. The van der Waals surface area contributed by atoms with E-state index in [1.807, 2.05) is 0 Å². The molecule has 2 N–H and O–H groups in total. The van der Waals surface area contributed by atoms with E-state index in [9.17, 15) is 4.79 Å². The molecule has 1 atom stereocenters. The van der Waals surface area contributed by atoms with E-state index in [2.05, 4.69) is 15.6 Å². The summed E-state index contributed by atoms with van der Waals surface area (Å²) in [5.74, 6) is 0.626. The smallest absolute Gasteiger partial charge is 0.253 e. The summed E-state index contributed by atoms with van der Waals surface area (Å²) >= 11 is 12.0. The minimum absolute atomic E-state index is 0.136. The molecule has 0 bridgehead atoms. The highest BCUT2D eigenvalue weighted by Crippen LogP contribution is 2.33. The van der Waals surface area contributed by atoms with Crippen LogP contribution >= 0.6 is 23.2 Å². The van der Waals surface area contributed by atoms with Crippen LogP contribution in [-0.4, -0.2) is 30.0 Å². The molecule has 1 aromatic carbocycles. The number of pyridine rings is 1. The second-order valence-corrected chi connectivity index (χ2v) is 6.34. The molecule has 1 aliphatic rings. The first-order valence-corrected chi connectivity index (χ1v) is 8.48. The number of rotatable bonds is 4. The van der Waals surface area contributed by atoms with Gasteiger partial charge in [-0.15, -0.1) is 0 Å². The first-order valence-electron chi connectivity index (χ1n) is 7.73. The molecule has 0 radical (unpaired) electrons. The van der Waals surface area contributed by atoms with E-state index in [0.29, 0.717) is 27.2 Å². The van der Waals surface area contributed by atoms with Crippen LogP contribution < -0.4 is 15.4 Å². The minimum Gasteiger partial charge on any atom is -0.437 e. The Bertz CT molecular complexity index is 716. The van der Waals surface area contributed by atoms with Crippen molar-refractivity contribution in [2.24, 2.45) is 0 Å². The lowest BCUT2D eigenvalue weighted by atomic mass is 10.1. The summed E-state index contributed by atoms with van der Waals surface area (Å²) in [5.41, 5.74) is 0.491. The molecule has 0 saturated carbocycles. The van der Waals surface area contributed by atoms with Gasteiger partial charge < -0.3 is 15.4 Å². The van der Waals surface area contributed by atoms with Gasteiger partial charge in [-0.2, -0.15) is 0 Å². The van der Waals surface area contributed by atoms with Gasteiger partial charge in [-0.25, -0.2) is 4.98 Å². The lowest BCUT2D eigenvalue weighted by molar-refractivity contribution is 0.0930. The Morgan fingerprint density at radius 2 is 2.17 bits per heavy atom. The summed E-state index contributed by atoms with van der Waals surface area (Å²) in [6.45, 7) is 1.81. The van der Waals surface area contributed by atoms with E-state index in [1.165, 1.54) is 6.20 Å². The lowest BCUT2D eigenvalue weighted by Crippen LogP contribution is -2.45. The van der Waals surface area contributed by atoms with E-state index in [-0.39, 0.29) is 11.9 Å². The number of carbonyl (C=O) groups is 1. The van der Waals surface area contributed by atoms with Crippen molar-refractivity contribution in [3.05, 3.63) is 52.1 Å². The third kappa shape index (κ3) is 4.17. The van der Waals surface area contributed by atoms with E-state index < -0.39 is 0 Å². The van der Waals surface area contributed by atoms with Crippen LogP contribution in [0.25, 0.3) is 0 Å². The molecule has 24 heavy (non-hydrogen) atoms. The molecular weight excluding hydrogens is 349 g/mol. The topological polar surface area (TPSA) is 63.2 Å². The van der Waals surface area contributed by atoms with Crippen molar-refractivity contribution in [3.8, 4) is 11.6 Å². The first-order chi connectivity index (χ1) is 11.6. The maximum atomic E-state index is 12.2. The van der Waals surface area contributed by atoms with E-state index >= 15 is 0 Å². The fraction of sp³-hybridized carbons (Fsp3) is 0.294. The molecule has 1 unspecified atom stereocenters. The molecule has 0 spiro atoms. The van der Waals surface area contributed by atoms with Crippen molar-refractivity contribution in [2.45, 2.75) is 18.9 Å². The van der Waals surface area contributed by atoms with Crippen LogP contribution in [0.2, 0.25) is 10.0 Å². The summed E-state index contributed by atoms with van der Waals surface area (Å²) in [6, 6.07) is 8.58. The van der Waals surface area contributed by atoms with Crippen molar-refractivity contribution >= 4 is 29.1 Å². The van der Waals surface area contributed by atoms with Gasteiger partial charge in [-0.05, 0) is 37.6 Å². The summed E-state index contributed by atoms with van der Waals surface area (Å²) in [7, 11) is 0. The zero-order chi connectivity index (χ0) is 16.9. The van der Waals surface area contributed by atoms with Crippen LogP contribution in [0.3, 0.4) is 0 Å². The zero-order valence-corrected chi connectivity index (χ0v) is 14.4. The van der Waals surface area contributed by atoms with Gasteiger partial charge in [0.1, 0.15) is 10.8 Å². The molecule has 1 saturated heterocycles. The highest BCUT2D eigenvalue weighted by Gasteiger charge is 2.16. The number of nitrogens with zero attached hydrogens (tertiary/aromatic N) is 1. The van der Waals surface area contributed by atoms with Crippen molar-refractivity contribution in [1.82, 2.24) is 15.6 Å². The van der Waals surface area contributed by atoms with Crippen molar-refractivity contribution in [3.63, 3.8) is 0 Å². The number of benzene rings is 1. The molecule has 126 valence electrons. The van der Waals surface area contributed by atoms with Crippen LogP contribution in [0.1, 0.15) is 23.2 Å². The van der Waals surface area contributed by atoms with Gasteiger partial charge in [0, 0.05) is 24.8 Å². The number of aromatic nitrogens is 1. The number of hydrogen-bond acceptors (Lipinski definition) is 4. The molecule has 0 aliphatic carbocycles. The maximum absolute atomic E-state index is 12.2. The summed E-state index contributed by atoms with van der Waals surface area (Å²) < 4.78 is 5.61. The zero-order valence-electron chi connectivity index (χ0n) is 12.9. The predicted octanol–water partition coefficient (Wildman–Crippen LogP) is 3.66. The Morgan fingerprint density at radius 1 is 1.29 bits per heavy atom. The van der Waals surface area contributed by atoms with Gasteiger partial charge >= 0.3 is 0 Å². The fourth-order valence-electron chi connectivity index (χ4n) is 2.49. The Balaban J connectivity index is 1.64. The Labute approximate surface area is 150 Å². The van der Waals surface area contributed by atoms with Crippen LogP contribution in [-0.2, 0) is 0 Å². The van der Waals surface area contributed by atoms with Crippen molar-refractivity contribution in [1.29, 1.82) is 0 Å². The molecule has 1 aromatic heterocycles. The number of ether oxygens (including phenoxy) is 1. The molecule has 3 rings (SSSR count). The van der Waals surface area contributed by atoms with E-state index in [4.69, 9.17) is 27.9 Å². The van der Waals surface area contributed by atoms with Crippen LogP contribution in [0.5, 0.6) is 11.6 Å². The molecule has 5 nitrogen and oxygen atoms in total. The number of amides is 1. The van der Waals surface area contributed by atoms with Gasteiger partial charge in [0.2, 0.25) is 5.88 Å². The van der Waals surface area contributed by atoms with Crippen LogP contribution in [0, 0.1) is 0 Å². The Kier molecular flexibility index (Phi) is 5.56. The van der Waals surface area contributed by atoms with Gasteiger partial charge in [0.15, 0.2) is 0 Å². The normalized spacial score (nSPS) is 17.3. The van der Waals surface area contributed by atoms with Gasteiger partial charge in [-0.3, -0.25) is 4.79 Å². The SMILES string of the molecule is O=C(NC1CCCNC1)c1ccc(Oc2cccc(Cl)c2Cl)nc1. The number of nitrogens with one attached hydrogen (secondary N) is 2. The monoisotopic (exact) mass is 365 g/mol. The second kappa shape index (κ2) is 7.83. The fourth-order valence-corrected chi connectivity index (χ4v) is 2.82. The molecule has 2 heterocycles. The summed E-state index contributed by atoms with van der Waals surface area (Å²) in [5, 5.41) is 7.00. The standard InChI is InChI=1S/C17H17Cl2N3O2/c18-13-4-1-5-14(16(13)19)24-15-7-6-11(9-21-15)17(23)22-12-3-2-8-20-10-12/h1,4-7,9,12,20H,2-3,8,10H2,(H,22,23). The largest absolute Gasteiger partial charge is 0.437 e. The van der Waals surface area contributed by atoms with E-state index in [1.54, 1.807) is 30.3 Å². The number of hydrogen-bond donors (Lipinski definition) is 2. The highest BCUT2D eigenvalue weighted by atomic mass is 35.5. The molecule has 7 heteroatoms. The molecular formula is C17H17Cl2N3O2. The quantitative estimate of drug-likeness (QED) is 0.867. The van der Waals surface area contributed by atoms with Crippen molar-refractivity contribution < 1.29 is 9.53 Å². The van der Waals surface area contributed by atoms with Gasteiger partial charge in [0.05, 0.1) is 10.6 Å². The number of carbonyl (C=O) groups excluding carboxylic acids is 1. The average Bonchev–Trinajstić information content (AvgIpc) is 2.60. The molecule has 1 aliphatic heterocycles. The summed E-state index contributed by atoms with van der Waals surface area (Å²) in [6.07, 6.45) is 3.54. The summed E-state index contributed by atoms with van der Waals surface area (Å²) in [4.78, 5) is 16.4. The molecule has 1 fully saturated rings. The second-order valence-electron chi connectivity index (χ2n) is 5.56. The third-order valence-corrected chi connectivity index (χ3v) is 4.56. The molecule has 2 aromatic rings. The van der Waals surface area contributed by atoms with Crippen LogP contribution in [0.4, 0.5) is 0 Å². The average molecular weight is 366 g/mol. The first kappa shape index (κ1) is 17.0. The highest BCUT2D eigenvalue weighted by molar-refractivity contribution is 6.42. The van der Waals surface area contributed by atoms with Crippen molar-refractivity contribution in [2.75, 3.05) is 13.1 Å². The van der Waals surface area contributed by atoms with Crippen LogP contribution in [0.15, 0.2) is 36.5 Å². The Hall–Kier alpha value is -1.82. The van der Waals surface area contributed by atoms with E-state index in [0.717, 1.165) is 25.9 Å². The lowest BCUT2D eigenvalue weighted by Gasteiger charge is -2.23. The number of halogens is 2. The minimum atomic E-state index is -0.136.